The minimum absolute atomic E-state index is 0.182. The van der Waals surface area contributed by atoms with Crippen molar-refractivity contribution >= 4 is 5.91 Å². The highest BCUT2D eigenvalue weighted by Gasteiger charge is 2.15. The molecule has 1 amide bonds. The van der Waals surface area contributed by atoms with Crippen LogP contribution in [-0.2, 0) is 11.3 Å². The van der Waals surface area contributed by atoms with Gasteiger partial charge in [0.15, 0.2) is 0 Å². The molecule has 0 aliphatic rings. The second-order valence-electron chi connectivity index (χ2n) is 5.40. The molecule has 0 unspecified atom stereocenters. The predicted molar refractivity (Wildman–Crippen MR) is 79.0 cm³/mol. The van der Waals surface area contributed by atoms with Crippen molar-refractivity contribution in [3.05, 3.63) is 36.2 Å². The fraction of sp³-hybridized carbons (Fsp3) is 0.400. The van der Waals surface area contributed by atoms with Crippen molar-refractivity contribution in [3.8, 4) is 11.5 Å². The molecule has 2 N–H and O–H groups in total. The highest BCUT2D eigenvalue weighted by Crippen LogP contribution is 2.17. The number of rotatable bonds is 7. The van der Waals surface area contributed by atoms with Crippen molar-refractivity contribution in [2.24, 2.45) is 11.7 Å². The van der Waals surface area contributed by atoms with E-state index >= 15 is 0 Å². The van der Waals surface area contributed by atoms with E-state index in [4.69, 9.17) is 10.2 Å². The lowest BCUT2D eigenvalue weighted by Gasteiger charge is -2.20. The Kier molecular flexibility index (Phi) is 5.05. The number of aromatic nitrogens is 2. The van der Waals surface area contributed by atoms with Crippen molar-refractivity contribution in [1.29, 1.82) is 0 Å². The van der Waals surface area contributed by atoms with E-state index in [1.807, 2.05) is 35.2 Å². The second kappa shape index (κ2) is 6.99. The fourth-order valence-electron chi connectivity index (χ4n) is 2.13. The molecule has 0 spiro atoms. The van der Waals surface area contributed by atoms with Crippen LogP contribution in [0.2, 0.25) is 0 Å². The number of hydrogen-bond donors (Lipinski definition) is 1. The van der Waals surface area contributed by atoms with Crippen LogP contribution in [0.3, 0.4) is 0 Å². The van der Waals surface area contributed by atoms with Crippen molar-refractivity contribution in [1.82, 2.24) is 15.1 Å². The van der Waals surface area contributed by atoms with Gasteiger partial charge in [0.25, 0.3) is 0 Å². The summed E-state index contributed by atoms with van der Waals surface area (Å²) in [6.45, 7) is 5.50. The lowest BCUT2D eigenvalue weighted by atomic mass is 10.2. The van der Waals surface area contributed by atoms with Crippen LogP contribution < -0.4 is 5.73 Å². The molecule has 6 heteroatoms. The lowest BCUT2D eigenvalue weighted by Crippen LogP contribution is -2.35. The minimum atomic E-state index is -0.363. The quantitative estimate of drug-likeness (QED) is 0.837. The van der Waals surface area contributed by atoms with Crippen LogP contribution in [0.4, 0.5) is 0 Å². The molecule has 0 atom stereocenters. The number of benzene rings is 1. The molecule has 0 fully saturated rings. The first-order chi connectivity index (χ1) is 10.0. The third-order valence-electron chi connectivity index (χ3n) is 2.85. The van der Waals surface area contributed by atoms with Gasteiger partial charge < -0.3 is 10.2 Å². The summed E-state index contributed by atoms with van der Waals surface area (Å²) in [7, 11) is 0. The molecule has 112 valence electrons. The number of nitrogens with zero attached hydrogens (tertiary/aromatic N) is 3. The zero-order valence-corrected chi connectivity index (χ0v) is 12.3. The molecular weight excluding hydrogens is 268 g/mol. The molecule has 2 rings (SSSR count). The molecule has 1 heterocycles. The van der Waals surface area contributed by atoms with Gasteiger partial charge in [0.2, 0.25) is 17.7 Å². The molecule has 1 aromatic heterocycles. The summed E-state index contributed by atoms with van der Waals surface area (Å²) < 4.78 is 5.65. The van der Waals surface area contributed by atoms with Crippen molar-refractivity contribution in [3.63, 3.8) is 0 Å². The Morgan fingerprint density at radius 1 is 1.29 bits per heavy atom. The van der Waals surface area contributed by atoms with Crippen LogP contribution in [0.15, 0.2) is 34.7 Å². The molecule has 0 saturated heterocycles. The van der Waals surface area contributed by atoms with Gasteiger partial charge in [0.1, 0.15) is 0 Å². The molecule has 0 aliphatic carbocycles. The van der Waals surface area contributed by atoms with E-state index in [1.54, 1.807) is 0 Å². The summed E-state index contributed by atoms with van der Waals surface area (Å²) in [5, 5.41) is 8.07. The Hall–Kier alpha value is -2.21. The van der Waals surface area contributed by atoms with E-state index in [0.717, 1.165) is 12.1 Å². The van der Waals surface area contributed by atoms with E-state index in [9.17, 15) is 4.79 Å². The molecule has 2 aromatic rings. The van der Waals surface area contributed by atoms with Gasteiger partial charge in [-0.05, 0) is 18.1 Å². The number of nitrogens with two attached hydrogens (primary N) is 1. The van der Waals surface area contributed by atoms with Gasteiger partial charge in [-0.3, -0.25) is 9.69 Å². The van der Waals surface area contributed by atoms with E-state index in [-0.39, 0.29) is 12.5 Å². The topological polar surface area (TPSA) is 85.2 Å². The Morgan fingerprint density at radius 2 is 2.00 bits per heavy atom. The summed E-state index contributed by atoms with van der Waals surface area (Å²) >= 11 is 0. The van der Waals surface area contributed by atoms with Crippen LogP contribution in [0, 0.1) is 5.92 Å². The molecule has 0 radical (unpaired) electrons. The zero-order chi connectivity index (χ0) is 15.2. The van der Waals surface area contributed by atoms with Crippen molar-refractivity contribution in [2.45, 2.75) is 20.4 Å². The SMILES string of the molecule is CC(C)CN(CC(N)=O)Cc1nnc(-c2ccccc2)o1. The van der Waals surface area contributed by atoms with Crippen molar-refractivity contribution in [2.75, 3.05) is 13.1 Å². The van der Waals surface area contributed by atoms with Crippen LogP contribution >= 0.6 is 0 Å². The third kappa shape index (κ3) is 4.68. The Morgan fingerprint density at radius 3 is 2.62 bits per heavy atom. The molecular formula is C15H20N4O2. The average Bonchev–Trinajstić information content (AvgIpc) is 2.86. The number of carbonyl (C=O) groups excluding carboxylic acids is 1. The van der Waals surface area contributed by atoms with E-state index in [2.05, 4.69) is 24.0 Å². The van der Waals surface area contributed by atoms with Gasteiger partial charge in [-0.2, -0.15) is 0 Å². The summed E-state index contributed by atoms with van der Waals surface area (Å²) in [6, 6.07) is 9.58. The Bertz CT molecular complexity index is 580. The van der Waals surface area contributed by atoms with Gasteiger partial charge in [-0.25, -0.2) is 0 Å². The van der Waals surface area contributed by atoms with E-state index < -0.39 is 0 Å². The standard InChI is InChI=1S/C15H20N4O2/c1-11(2)8-19(9-13(16)20)10-14-17-18-15(21-14)12-6-4-3-5-7-12/h3-7,11H,8-10H2,1-2H3,(H2,16,20). The van der Waals surface area contributed by atoms with E-state index in [1.165, 1.54) is 0 Å². The monoisotopic (exact) mass is 288 g/mol. The number of primary amides is 1. The molecule has 0 bridgehead atoms. The number of hydrogen-bond acceptors (Lipinski definition) is 5. The van der Waals surface area contributed by atoms with Gasteiger partial charge in [-0.15, -0.1) is 10.2 Å². The van der Waals surface area contributed by atoms with Gasteiger partial charge in [0, 0.05) is 12.1 Å². The highest BCUT2D eigenvalue weighted by molar-refractivity contribution is 5.75. The van der Waals surface area contributed by atoms with Crippen LogP contribution in [-0.4, -0.2) is 34.1 Å². The molecule has 1 aromatic carbocycles. The Labute approximate surface area is 124 Å². The predicted octanol–water partition coefficient (Wildman–Crippen LogP) is 1.68. The van der Waals surface area contributed by atoms with Gasteiger partial charge in [-0.1, -0.05) is 32.0 Å². The first-order valence-corrected chi connectivity index (χ1v) is 6.93. The number of amides is 1. The third-order valence-corrected chi connectivity index (χ3v) is 2.85. The van der Waals surface area contributed by atoms with Crippen molar-refractivity contribution < 1.29 is 9.21 Å². The molecule has 21 heavy (non-hydrogen) atoms. The molecule has 0 aliphatic heterocycles. The van der Waals surface area contributed by atoms with Crippen LogP contribution in [0.5, 0.6) is 0 Å². The first-order valence-electron chi connectivity index (χ1n) is 6.93. The van der Waals surface area contributed by atoms with Gasteiger partial charge in [0.05, 0.1) is 13.1 Å². The number of carbonyl (C=O) groups is 1. The lowest BCUT2D eigenvalue weighted by molar-refractivity contribution is -0.119. The minimum Gasteiger partial charge on any atom is -0.419 e. The van der Waals surface area contributed by atoms with E-state index in [0.29, 0.717) is 24.2 Å². The maximum Gasteiger partial charge on any atom is 0.247 e. The largest absolute Gasteiger partial charge is 0.419 e. The summed E-state index contributed by atoms with van der Waals surface area (Å²) in [5.41, 5.74) is 6.15. The second-order valence-corrected chi connectivity index (χ2v) is 5.40. The van der Waals surface area contributed by atoms with Crippen LogP contribution in [0.1, 0.15) is 19.7 Å². The zero-order valence-electron chi connectivity index (χ0n) is 12.3. The molecule has 0 saturated carbocycles. The summed E-state index contributed by atoms with van der Waals surface area (Å²) in [4.78, 5) is 13.0. The Balaban J connectivity index is 2.07. The maximum atomic E-state index is 11.1. The normalized spacial score (nSPS) is 11.2. The van der Waals surface area contributed by atoms with Crippen LogP contribution in [0.25, 0.3) is 11.5 Å². The fourth-order valence-corrected chi connectivity index (χ4v) is 2.13. The highest BCUT2D eigenvalue weighted by atomic mass is 16.4. The summed E-state index contributed by atoms with van der Waals surface area (Å²) in [6.07, 6.45) is 0. The van der Waals surface area contributed by atoms with Gasteiger partial charge >= 0.3 is 0 Å². The summed E-state index contributed by atoms with van der Waals surface area (Å²) in [5.74, 6) is 1.02. The average molecular weight is 288 g/mol. The first kappa shape index (κ1) is 15.2. The molecule has 6 nitrogen and oxygen atoms in total. The smallest absolute Gasteiger partial charge is 0.247 e. The maximum absolute atomic E-state index is 11.1.